The predicted molar refractivity (Wildman–Crippen MR) is 90.4 cm³/mol. The van der Waals surface area contributed by atoms with Crippen LogP contribution >= 0.6 is 0 Å². The van der Waals surface area contributed by atoms with E-state index in [2.05, 4.69) is 30.3 Å². The van der Waals surface area contributed by atoms with Crippen LogP contribution in [0, 0.1) is 5.92 Å². The molecular formula is C14H17FN8O4. The van der Waals surface area contributed by atoms with Gasteiger partial charge in [0.15, 0.2) is 11.2 Å². The number of imidazole rings is 1. The van der Waals surface area contributed by atoms with Crippen LogP contribution in [0.15, 0.2) is 16.2 Å². The lowest BCUT2D eigenvalue weighted by atomic mass is 10.1. The summed E-state index contributed by atoms with van der Waals surface area (Å²) in [6, 6.07) is -1.29. The Labute approximate surface area is 151 Å². The fourth-order valence-electron chi connectivity index (χ4n) is 2.70. The number of ether oxygens (including phenoxy) is 1. The SMILES string of the molecule is CC(C)C(=O)Nc1nc2c(ncn2[C@@H]2O[C@H](CO)[C@@H](F)[C@H]2N=[N+]=[N-])c(=O)[nH]1. The van der Waals surface area contributed by atoms with Gasteiger partial charge < -0.3 is 9.84 Å². The molecule has 144 valence electrons. The van der Waals surface area contributed by atoms with Gasteiger partial charge in [-0.05, 0) is 5.53 Å². The van der Waals surface area contributed by atoms with E-state index in [1.165, 1.54) is 10.9 Å². The number of hydrogen-bond donors (Lipinski definition) is 3. The number of azide groups is 1. The lowest BCUT2D eigenvalue weighted by molar-refractivity contribution is -0.118. The summed E-state index contributed by atoms with van der Waals surface area (Å²) in [6.07, 6.45) is -2.93. The first-order chi connectivity index (χ1) is 12.9. The average molecular weight is 380 g/mol. The quantitative estimate of drug-likeness (QED) is 0.390. The van der Waals surface area contributed by atoms with E-state index in [0.29, 0.717) is 0 Å². The summed E-state index contributed by atoms with van der Waals surface area (Å²) in [7, 11) is 0. The van der Waals surface area contributed by atoms with Gasteiger partial charge >= 0.3 is 0 Å². The van der Waals surface area contributed by atoms with E-state index in [0.717, 1.165) is 0 Å². The van der Waals surface area contributed by atoms with Gasteiger partial charge in [0.2, 0.25) is 11.9 Å². The zero-order chi connectivity index (χ0) is 19.7. The smallest absolute Gasteiger partial charge is 0.280 e. The molecule has 0 radical (unpaired) electrons. The number of hydrogen-bond acceptors (Lipinski definition) is 7. The lowest BCUT2D eigenvalue weighted by Gasteiger charge is -2.17. The number of nitrogens with one attached hydrogen (secondary N) is 2. The van der Waals surface area contributed by atoms with Gasteiger partial charge in [0.25, 0.3) is 5.56 Å². The fourth-order valence-corrected chi connectivity index (χ4v) is 2.70. The maximum atomic E-state index is 14.4. The van der Waals surface area contributed by atoms with Crippen LogP contribution in [0.1, 0.15) is 20.1 Å². The number of amides is 1. The van der Waals surface area contributed by atoms with E-state index in [-0.39, 0.29) is 28.9 Å². The number of aromatic amines is 1. The highest BCUT2D eigenvalue weighted by Crippen LogP contribution is 2.35. The van der Waals surface area contributed by atoms with Gasteiger partial charge in [-0.1, -0.05) is 19.0 Å². The molecule has 12 nitrogen and oxygen atoms in total. The van der Waals surface area contributed by atoms with Crippen LogP contribution in [-0.2, 0) is 9.53 Å². The van der Waals surface area contributed by atoms with Crippen LogP contribution in [0.5, 0.6) is 0 Å². The highest BCUT2D eigenvalue weighted by atomic mass is 19.1. The second-order valence-corrected chi connectivity index (χ2v) is 6.27. The van der Waals surface area contributed by atoms with Crippen molar-refractivity contribution < 1.29 is 19.0 Å². The third-order valence-electron chi connectivity index (χ3n) is 4.13. The number of fused-ring (bicyclic) bond motifs is 1. The molecule has 1 saturated heterocycles. The first-order valence-corrected chi connectivity index (χ1v) is 8.09. The van der Waals surface area contributed by atoms with Crippen LogP contribution in [0.25, 0.3) is 21.6 Å². The Bertz CT molecular complexity index is 966. The van der Waals surface area contributed by atoms with Crippen molar-refractivity contribution >= 4 is 23.0 Å². The third kappa shape index (κ3) is 3.35. The van der Waals surface area contributed by atoms with E-state index in [1.54, 1.807) is 13.8 Å². The summed E-state index contributed by atoms with van der Waals surface area (Å²) in [5.41, 5.74) is 8.02. The highest BCUT2D eigenvalue weighted by molar-refractivity contribution is 5.91. The van der Waals surface area contributed by atoms with Crippen molar-refractivity contribution in [1.29, 1.82) is 0 Å². The number of nitrogens with zero attached hydrogens (tertiary/aromatic N) is 6. The van der Waals surface area contributed by atoms with Gasteiger partial charge in [-0.3, -0.25) is 24.5 Å². The first kappa shape index (κ1) is 18.8. The lowest BCUT2D eigenvalue weighted by Crippen LogP contribution is -2.28. The molecule has 1 aliphatic heterocycles. The minimum Gasteiger partial charge on any atom is -0.394 e. The minimum absolute atomic E-state index is 0.00624. The topological polar surface area (TPSA) is 171 Å². The van der Waals surface area contributed by atoms with Crippen LogP contribution in [0.3, 0.4) is 0 Å². The molecule has 0 spiro atoms. The number of aromatic nitrogens is 4. The second-order valence-electron chi connectivity index (χ2n) is 6.27. The summed E-state index contributed by atoms with van der Waals surface area (Å²) >= 11 is 0. The number of aliphatic hydroxyl groups is 1. The Morgan fingerprint density at radius 3 is 3.00 bits per heavy atom. The Hall–Kier alpha value is -3.02. The van der Waals surface area contributed by atoms with Gasteiger partial charge in [0.1, 0.15) is 24.5 Å². The van der Waals surface area contributed by atoms with Crippen molar-refractivity contribution in [3.8, 4) is 0 Å². The number of carbonyl (C=O) groups excluding carboxylic acids is 1. The van der Waals surface area contributed by atoms with E-state index in [1.807, 2.05) is 0 Å². The molecule has 27 heavy (non-hydrogen) atoms. The monoisotopic (exact) mass is 380 g/mol. The molecule has 4 atom stereocenters. The van der Waals surface area contributed by atoms with Crippen molar-refractivity contribution in [1.82, 2.24) is 19.5 Å². The molecule has 1 amide bonds. The Kier molecular flexibility index (Phi) is 5.08. The molecule has 1 aliphatic rings. The Morgan fingerprint density at radius 1 is 1.63 bits per heavy atom. The second kappa shape index (κ2) is 7.31. The molecule has 2 aromatic rings. The predicted octanol–water partition coefficient (Wildman–Crippen LogP) is 0.621. The van der Waals surface area contributed by atoms with Crippen LogP contribution in [0.4, 0.5) is 10.3 Å². The standard InChI is InChI=1S/C14H17FN8O4/c1-5(2)11(25)19-14-18-10-9(12(26)20-14)17-4-23(10)13-8(21-22-16)7(15)6(3-24)27-13/h4-8,13,24H,3H2,1-2H3,(H2,18,19,20,25,26)/t6-,7-,8-,13-/m1/s1. The number of aliphatic hydroxyl groups excluding tert-OH is 1. The summed E-state index contributed by atoms with van der Waals surface area (Å²) in [6.45, 7) is 2.72. The van der Waals surface area contributed by atoms with Gasteiger partial charge in [0, 0.05) is 10.8 Å². The average Bonchev–Trinajstić information content (AvgIpc) is 3.17. The molecule has 0 aromatic carbocycles. The third-order valence-corrected chi connectivity index (χ3v) is 4.13. The van der Waals surface area contributed by atoms with Crippen LogP contribution in [0.2, 0.25) is 0 Å². The Balaban J connectivity index is 2.06. The number of halogens is 1. The molecular weight excluding hydrogens is 363 g/mol. The van der Waals surface area contributed by atoms with Crippen molar-refractivity contribution in [2.75, 3.05) is 11.9 Å². The van der Waals surface area contributed by atoms with E-state index in [9.17, 15) is 19.1 Å². The largest absolute Gasteiger partial charge is 0.394 e. The fraction of sp³-hybridized carbons (Fsp3) is 0.571. The molecule has 3 N–H and O–H groups in total. The van der Waals surface area contributed by atoms with Crippen molar-refractivity contribution in [2.24, 2.45) is 11.0 Å². The number of carbonyl (C=O) groups is 1. The van der Waals surface area contributed by atoms with Crippen molar-refractivity contribution in [3.05, 3.63) is 27.1 Å². The van der Waals surface area contributed by atoms with Gasteiger partial charge in [-0.15, -0.1) is 0 Å². The van der Waals surface area contributed by atoms with E-state index >= 15 is 0 Å². The first-order valence-electron chi connectivity index (χ1n) is 8.09. The highest BCUT2D eigenvalue weighted by Gasteiger charge is 2.46. The minimum atomic E-state index is -1.75. The summed E-state index contributed by atoms with van der Waals surface area (Å²) in [4.78, 5) is 37.1. The van der Waals surface area contributed by atoms with Crippen molar-refractivity contribution in [2.45, 2.75) is 38.4 Å². The zero-order valence-corrected chi connectivity index (χ0v) is 14.4. The Morgan fingerprint density at radius 2 is 2.37 bits per heavy atom. The van der Waals surface area contributed by atoms with E-state index in [4.69, 9.17) is 10.3 Å². The van der Waals surface area contributed by atoms with Crippen LogP contribution < -0.4 is 10.9 Å². The molecule has 13 heteroatoms. The molecule has 0 unspecified atom stereocenters. The maximum Gasteiger partial charge on any atom is 0.280 e. The molecule has 1 fully saturated rings. The normalized spacial score (nSPS) is 24.9. The molecule has 0 bridgehead atoms. The van der Waals surface area contributed by atoms with Crippen molar-refractivity contribution in [3.63, 3.8) is 0 Å². The molecule has 3 rings (SSSR count). The van der Waals surface area contributed by atoms with Crippen LogP contribution in [-0.4, -0.2) is 55.5 Å². The molecule has 3 heterocycles. The number of anilines is 1. The van der Waals surface area contributed by atoms with E-state index < -0.39 is 36.7 Å². The number of alkyl halides is 1. The molecule has 2 aromatic heterocycles. The number of rotatable bonds is 5. The molecule has 0 aliphatic carbocycles. The maximum absolute atomic E-state index is 14.4. The zero-order valence-electron chi connectivity index (χ0n) is 14.4. The summed E-state index contributed by atoms with van der Waals surface area (Å²) in [5.74, 6) is -0.820. The van der Waals surface area contributed by atoms with Gasteiger partial charge in [0.05, 0.1) is 12.9 Å². The van der Waals surface area contributed by atoms with Gasteiger partial charge in [-0.2, -0.15) is 4.98 Å². The summed E-state index contributed by atoms with van der Waals surface area (Å²) < 4.78 is 21.0. The molecule has 0 saturated carbocycles. The summed E-state index contributed by atoms with van der Waals surface area (Å²) in [5, 5.41) is 15.1. The number of H-pyrrole nitrogens is 1. The van der Waals surface area contributed by atoms with Gasteiger partial charge in [-0.25, -0.2) is 9.37 Å².